The van der Waals surface area contributed by atoms with Crippen LogP contribution in [0.2, 0.25) is 0 Å². The lowest BCUT2D eigenvalue weighted by Crippen LogP contribution is -2.17. The van der Waals surface area contributed by atoms with E-state index in [2.05, 4.69) is 15.3 Å². The van der Waals surface area contributed by atoms with E-state index in [0.717, 1.165) is 42.1 Å². The third kappa shape index (κ3) is 3.43. The van der Waals surface area contributed by atoms with Crippen molar-refractivity contribution in [1.82, 2.24) is 15.3 Å². The number of nitrogens with zero attached hydrogens (tertiary/aromatic N) is 1. The fraction of sp³-hybridized carbons (Fsp3) is 0.235. The Balaban J connectivity index is 1.51. The molecular formula is C17H18FN3O. The van der Waals surface area contributed by atoms with Crippen LogP contribution in [0, 0.1) is 5.82 Å². The van der Waals surface area contributed by atoms with Crippen molar-refractivity contribution in [2.75, 3.05) is 13.7 Å². The predicted molar refractivity (Wildman–Crippen MR) is 84.5 cm³/mol. The van der Waals surface area contributed by atoms with Crippen LogP contribution in [0.15, 0.2) is 42.5 Å². The first-order valence-electron chi connectivity index (χ1n) is 7.22. The zero-order chi connectivity index (χ0) is 15.4. The van der Waals surface area contributed by atoms with E-state index < -0.39 is 0 Å². The van der Waals surface area contributed by atoms with Crippen molar-refractivity contribution in [3.63, 3.8) is 0 Å². The summed E-state index contributed by atoms with van der Waals surface area (Å²) in [6.45, 7) is 1.59. The summed E-state index contributed by atoms with van der Waals surface area (Å²) in [6, 6.07) is 12.6. The van der Waals surface area contributed by atoms with Crippen LogP contribution in [0.5, 0.6) is 5.75 Å². The molecule has 1 heterocycles. The molecule has 2 N–H and O–H groups in total. The summed E-state index contributed by atoms with van der Waals surface area (Å²) in [5, 5.41) is 3.37. The van der Waals surface area contributed by atoms with Crippen LogP contribution in [0.3, 0.4) is 0 Å². The molecule has 0 unspecified atom stereocenters. The van der Waals surface area contributed by atoms with Gasteiger partial charge in [0, 0.05) is 19.5 Å². The van der Waals surface area contributed by atoms with Crippen molar-refractivity contribution < 1.29 is 9.13 Å². The van der Waals surface area contributed by atoms with E-state index in [1.54, 1.807) is 13.2 Å². The summed E-state index contributed by atoms with van der Waals surface area (Å²) in [4.78, 5) is 7.58. The molecular weight excluding hydrogens is 281 g/mol. The lowest BCUT2D eigenvalue weighted by atomic mass is 10.2. The number of aromatic nitrogens is 2. The summed E-state index contributed by atoms with van der Waals surface area (Å²) in [5.41, 5.74) is 2.74. The van der Waals surface area contributed by atoms with E-state index in [1.807, 2.05) is 24.3 Å². The molecule has 3 rings (SSSR count). The fourth-order valence-electron chi connectivity index (χ4n) is 2.34. The van der Waals surface area contributed by atoms with Gasteiger partial charge in [0.25, 0.3) is 0 Å². The van der Waals surface area contributed by atoms with Crippen molar-refractivity contribution in [1.29, 1.82) is 0 Å². The highest BCUT2D eigenvalue weighted by atomic mass is 19.1. The Morgan fingerprint density at radius 1 is 1.18 bits per heavy atom. The quantitative estimate of drug-likeness (QED) is 0.688. The number of methoxy groups -OCH3 is 1. The van der Waals surface area contributed by atoms with Gasteiger partial charge >= 0.3 is 0 Å². The number of nitrogens with one attached hydrogen (secondary N) is 2. The maximum Gasteiger partial charge on any atom is 0.125 e. The molecule has 1 aromatic heterocycles. The van der Waals surface area contributed by atoms with E-state index in [9.17, 15) is 4.39 Å². The molecule has 0 saturated carbocycles. The molecule has 0 saturated heterocycles. The van der Waals surface area contributed by atoms with E-state index in [4.69, 9.17) is 4.74 Å². The van der Waals surface area contributed by atoms with E-state index in [1.165, 1.54) is 17.7 Å². The van der Waals surface area contributed by atoms with Crippen LogP contribution in [-0.2, 0) is 13.0 Å². The summed E-state index contributed by atoms with van der Waals surface area (Å²) in [7, 11) is 1.66. The normalized spacial score (nSPS) is 11.0. The van der Waals surface area contributed by atoms with E-state index in [-0.39, 0.29) is 5.82 Å². The lowest BCUT2D eigenvalue weighted by molar-refractivity contribution is 0.414. The Hall–Kier alpha value is -2.40. The molecule has 22 heavy (non-hydrogen) atoms. The van der Waals surface area contributed by atoms with Gasteiger partial charge in [-0.05, 0) is 35.9 Å². The number of H-pyrrole nitrogens is 1. The zero-order valence-electron chi connectivity index (χ0n) is 12.4. The molecule has 0 spiro atoms. The highest BCUT2D eigenvalue weighted by Gasteiger charge is 2.03. The molecule has 0 aliphatic carbocycles. The molecule has 0 bridgehead atoms. The minimum absolute atomic E-state index is 0.250. The van der Waals surface area contributed by atoms with Crippen LogP contribution in [0.1, 0.15) is 11.4 Å². The molecule has 4 nitrogen and oxygen atoms in total. The molecule has 114 valence electrons. The highest BCUT2D eigenvalue weighted by Crippen LogP contribution is 2.13. The minimum atomic E-state index is -0.250. The number of halogens is 1. The largest absolute Gasteiger partial charge is 0.497 e. The Labute approximate surface area is 128 Å². The predicted octanol–water partition coefficient (Wildman–Crippen LogP) is 3.04. The Kier molecular flexibility index (Phi) is 4.34. The molecule has 2 aromatic carbocycles. The van der Waals surface area contributed by atoms with Crippen LogP contribution in [0.25, 0.3) is 11.0 Å². The van der Waals surface area contributed by atoms with Crippen LogP contribution < -0.4 is 10.1 Å². The third-order valence-corrected chi connectivity index (χ3v) is 3.52. The van der Waals surface area contributed by atoms with Gasteiger partial charge in [0.1, 0.15) is 17.4 Å². The number of benzene rings is 2. The Morgan fingerprint density at radius 2 is 2.00 bits per heavy atom. The second-order valence-corrected chi connectivity index (χ2v) is 5.12. The Bertz CT molecular complexity index is 752. The van der Waals surface area contributed by atoms with Gasteiger partial charge in [-0.15, -0.1) is 0 Å². The zero-order valence-corrected chi connectivity index (χ0v) is 12.4. The van der Waals surface area contributed by atoms with Crippen molar-refractivity contribution in [3.05, 3.63) is 59.7 Å². The number of fused-ring (bicyclic) bond motifs is 1. The van der Waals surface area contributed by atoms with Gasteiger partial charge in [0.2, 0.25) is 0 Å². The Morgan fingerprint density at radius 3 is 2.77 bits per heavy atom. The van der Waals surface area contributed by atoms with Gasteiger partial charge in [-0.2, -0.15) is 0 Å². The number of hydrogen-bond acceptors (Lipinski definition) is 3. The second-order valence-electron chi connectivity index (χ2n) is 5.12. The maximum atomic E-state index is 13.1. The molecule has 0 amide bonds. The molecule has 0 fully saturated rings. The number of rotatable bonds is 6. The summed E-state index contributed by atoms with van der Waals surface area (Å²) in [5.74, 6) is 1.47. The van der Waals surface area contributed by atoms with Gasteiger partial charge in [-0.1, -0.05) is 12.1 Å². The fourth-order valence-corrected chi connectivity index (χ4v) is 2.34. The average Bonchev–Trinajstić information content (AvgIpc) is 2.94. The average molecular weight is 299 g/mol. The number of hydrogen-bond donors (Lipinski definition) is 2. The van der Waals surface area contributed by atoms with Gasteiger partial charge in [0.15, 0.2) is 0 Å². The van der Waals surface area contributed by atoms with Crippen molar-refractivity contribution in [3.8, 4) is 5.75 Å². The van der Waals surface area contributed by atoms with Crippen LogP contribution in [0.4, 0.5) is 4.39 Å². The number of imidazole rings is 1. The smallest absolute Gasteiger partial charge is 0.125 e. The second kappa shape index (κ2) is 6.58. The molecule has 0 atom stereocenters. The third-order valence-electron chi connectivity index (χ3n) is 3.52. The number of aromatic amines is 1. The first-order chi connectivity index (χ1) is 10.7. The van der Waals surface area contributed by atoms with Crippen molar-refractivity contribution in [2.45, 2.75) is 13.0 Å². The van der Waals surface area contributed by atoms with Crippen LogP contribution in [-0.4, -0.2) is 23.6 Å². The standard InChI is InChI=1S/C17H18FN3O/c1-22-14-5-2-12(3-6-14)11-19-9-8-17-20-15-7-4-13(18)10-16(15)21-17/h2-7,10,19H,8-9,11H2,1H3,(H,20,21). The number of ether oxygens (including phenoxy) is 1. The van der Waals surface area contributed by atoms with Gasteiger partial charge in [-0.3, -0.25) is 0 Å². The topological polar surface area (TPSA) is 49.9 Å². The molecule has 0 aliphatic rings. The van der Waals surface area contributed by atoms with Gasteiger partial charge < -0.3 is 15.0 Å². The van der Waals surface area contributed by atoms with Gasteiger partial charge in [-0.25, -0.2) is 9.37 Å². The lowest BCUT2D eigenvalue weighted by Gasteiger charge is -2.05. The molecule has 0 aliphatic heterocycles. The van der Waals surface area contributed by atoms with Crippen molar-refractivity contribution >= 4 is 11.0 Å². The first kappa shape index (κ1) is 14.5. The SMILES string of the molecule is COc1ccc(CNCCc2nc3ccc(F)cc3[nH]2)cc1. The molecule has 5 heteroatoms. The maximum absolute atomic E-state index is 13.1. The van der Waals surface area contributed by atoms with Crippen molar-refractivity contribution in [2.24, 2.45) is 0 Å². The van der Waals surface area contributed by atoms with Crippen LogP contribution >= 0.6 is 0 Å². The highest BCUT2D eigenvalue weighted by molar-refractivity contribution is 5.74. The summed E-state index contributed by atoms with van der Waals surface area (Å²) < 4.78 is 18.3. The minimum Gasteiger partial charge on any atom is -0.497 e. The van der Waals surface area contributed by atoms with E-state index in [0.29, 0.717) is 0 Å². The first-order valence-corrected chi connectivity index (χ1v) is 7.22. The molecule has 0 radical (unpaired) electrons. The van der Waals surface area contributed by atoms with E-state index >= 15 is 0 Å². The molecule has 3 aromatic rings. The van der Waals surface area contributed by atoms with Gasteiger partial charge in [0.05, 0.1) is 18.1 Å². The monoisotopic (exact) mass is 299 g/mol. The summed E-state index contributed by atoms with van der Waals surface area (Å²) in [6.07, 6.45) is 0.770. The summed E-state index contributed by atoms with van der Waals surface area (Å²) >= 11 is 0.